The van der Waals surface area contributed by atoms with E-state index in [1.54, 1.807) is 6.20 Å². The van der Waals surface area contributed by atoms with Crippen molar-refractivity contribution in [2.75, 3.05) is 18.4 Å². The first-order chi connectivity index (χ1) is 13.6. The van der Waals surface area contributed by atoms with Crippen molar-refractivity contribution in [3.05, 3.63) is 58.9 Å². The van der Waals surface area contributed by atoms with Crippen molar-refractivity contribution in [2.45, 2.75) is 33.2 Å². The monoisotopic (exact) mass is 395 g/mol. The predicted molar refractivity (Wildman–Crippen MR) is 112 cm³/mol. The van der Waals surface area contributed by atoms with E-state index >= 15 is 0 Å². The number of likely N-dealkylation sites (tertiary alicyclic amines) is 1. The number of nitrogens with zero attached hydrogens (tertiary/aromatic N) is 4. The van der Waals surface area contributed by atoms with Crippen molar-refractivity contribution in [1.29, 1.82) is 0 Å². The van der Waals surface area contributed by atoms with Crippen molar-refractivity contribution >= 4 is 22.4 Å². The van der Waals surface area contributed by atoms with Crippen LogP contribution in [0.4, 0.5) is 5.13 Å². The second-order valence-corrected chi connectivity index (χ2v) is 8.35. The van der Waals surface area contributed by atoms with Gasteiger partial charge in [-0.3, -0.25) is 15.0 Å². The second-order valence-electron chi connectivity index (χ2n) is 7.49. The van der Waals surface area contributed by atoms with E-state index in [-0.39, 0.29) is 5.91 Å². The van der Waals surface area contributed by atoms with E-state index < -0.39 is 0 Å². The molecule has 1 aliphatic heterocycles. The Kier molecular flexibility index (Phi) is 5.54. The molecule has 3 aromatic rings. The van der Waals surface area contributed by atoms with Gasteiger partial charge in [0, 0.05) is 29.4 Å². The number of aryl methyl sites for hydroxylation is 1. The lowest BCUT2D eigenvalue weighted by Crippen LogP contribution is -2.32. The van der Waals surface area contributed by atoms with Crippen LogP contribution in [-0.2, 0) is 6.54 Å². The van der Waals surface area contributed by atoms with Crippen molar-refractivity contribution in [2.24, 2.45) is 5.92 Å². The molecule has 0 spiro atoms. The molecular formula is C21H25N5OS. The van der Waals surface area contributed by atoms with Gasteiger partial charge in [-0.1, -0.05) is 6.92 Å². The molecular weight excluding hydrogens is 370 g/mol. The highest BCUT2D eigenvalue weighted by Crippen LogP contribution is 2.21. The van der Waals surface area contributed by atoms with Crippen LogP contribution in [0.25, 0.3) is 5.69 Å². The van der Waals surface area contributed by atoms with Gasteiger partial charge in [-0.15, -0.1) is 11.3 Å². The molecule has 1 N–H and O–H groups in total. The molecule has 3 heterocycles. The van der Waals surface area contributed by atoms with E-state index in [2.05, 4.69) is 27.2 Å². The van der Waals surface area contributed by atoms with Gasteiger partial charge in [0.25, 0.3) is 5.91 Å². The average molecular weight is 396 g/mol. The largest absolute Gasteiger partial charge is 0.298 e. The third kappa shape index (κ3) is 4.31. The SMILES string of the molecule is Cc1ccnn1-c1ccc(C(=O)Nc2nc(CN3CCC(C)CC3)cs2)cc1. The van der Waals surface area contributed by atoms with Crippen LogP contribution < -0.4 is 5.32 Å². The molecule has 146 valence electrons. The van der Waals surface area contributed by atoms with Gasteiger partial charge in [-0.2, -0.15) is 5.10 Å². The first kappa shape index (κ1) is 18.8. The maximum atomic E-state index is 12.5. The van der Waals surface area contributed by atoms with E-state index in [1.807, 2.05) is 47.3 Å². The topological polar surface area (TPSA) is 63.1 Å². The number of hydrogen-bond acceptors (Lipinski definition) is 5. The summed E-state index contributed by atoms with van der Waals surface area (Å²) in [4.78, 5) is 19.6. The quantitative estimate of drug-likeness (QED) is 0.706. The number of aromatic nitrogens is 3. The van der Waals surface area contributed by atoms with Crippen molar-refractivity contribution in [3.8, 4) is 5.69 Å². The Morgan fingerprint density at radius 2 is 1.96 bits per heavy atom. The summed E-state index contributed by atoms with van der Waals surface area (Å²) in [7, 11) is 0. The zero-order chi connectivity index (χ0) is 19.5. The molecule has 4 rings (SSSR count). The molecule has 1 aliphatic rings. The molecule has 0 bridgehead atoms. The van der Waals surface area contributed by atoms with E-state index in [0.717, 1.165) is 42.6 Å². The molecule has 0 aliphatic carbocycles. The predicted octanol–water partition coefficient (Wildman–Crippen LogP) is 4.12. The van der Waals surface area contributed by atoms with E-state index in [9.17, 15) is 4.79 Å². The average Bonchev–Trinajstić information content (AvgIpc) is 3.32. The van der Waals surface area contributed by atoms with Crippen LogP contribution in [0.1, 0.15) is 41.5 Å². The van der Waals surface area contributed by atoms with Crippen LogP contribution in [-0.4, -0.2) is 38.7 Å². The number of piperidine rings is 1. The van der Waals surface area contributed by atoms with Gasteiger partial charge in [-0.25, -0.2) is 9.67 Å². The fraction of sp³-hybridized carbons (Fsp3) is 0.381. The summed E-state index contributed by atoms with van der Waals surface area (Å²) in [5, 5.41) is 9.89. The van der Waals surface area contributed by atoms with Crippen molar-refractivity contribution in [1.82, 2.24) is 19.7 Å². The van der Waals surface area contributed by atoms with Gasteiger partial charge in [-0.05, 0) is 69.1 Å². The van der Waals surface area contributed by atoms with Crippen LogP contribution in [0.2, 0.25) is 0 Å². The Balaban J connectivity index is 1.36. The smallest absolute Gasteiger partial charge is 0.257 e. The summed E-state index contributed by atoms with van der Waals surface area (Å²) in [5.74, 6) is 0.682. The molecule has 1 aromatic carbocycles. The number of rotatable bonds is 5. The van der Waals surface area contributed by atoms with Crippen molar-refractivity contribution in [3.63, 3.8) is 0 Å². The first-order valence-corrected chi connectivity index (χ1v) is 10.6. The number of amides is 1. The molecule has 0 radical (unpaired) electrons. The highest BCUT2D eigenvalue weighted by Gasteiger charge is 2.17. The number of nitrogens with one attached hydrogen (secondary N) is 1. The minimum Gasteiger partial charge on any atom is -0.298 e. The second kappa shape index (κ2) is 8.24. The summed E-state index contributed by atoms with van der Waals surface area (Å²) >= 11 is 1.48. The lowest BCUT2D eigenvalue weighted by Gasteiger charge is -2.29. The fourth-order valence-corrected chi connectivity index (χ4v) is 4.15. The Labute approximate surface area is 169 Å². The summed E-state index contributed by atoms with van der Waals surface area (Å²) < 4.78 is 1.84. The fourth-order valence-electron chi connectivity index (χ4n) is 3.45. The molecule has 6 nitrogen and oxygen atoms in total. The van der Waals surface area contributed by atoms with E-state index in [0.29, 0.717) is 10.7 Å². The summed E-state index contributed by atoms with van der Waals surface area (Å²) in [6.07, 6.45) is 4.27. The molecule has 0 unspecified atom stereocenters. The number of carbonyl (C=O) groups is 1. The van der Waals surface area contributed by atoms with Crippen LogP contribution >= 0.6 is 11.3 Å². The van der Waals surface area contributed by atoms with Crippen molar-refractivity contribution < 1.29 is 4.79 Å². The Hall–Kier alpha value is -2.51. The number of thiazole rings is 1. The lowest BCUT2D eigenvalue weighted by molar-refractivity contribution is 0.102. The zero-order valence-corrected chi connectivity index (χ0v) is 17.1. The number of hydrogen-bond donors (Lipinski definition) is 1. The first-order valence-electron chi connectivity index (χ1n) is 9.67. The van der Waals surface area contributed by atoms with Gasteiger partial charge < -0.3 is 0 Å². The summed E-state index contributed by atoms with van der Waals surface area (Å²) in [5.41, 5.74) is 3.62. The highest BCUT2D eigenvalue weighted by atomic mass is 32.1. The number of carbonyl (C=O) groups excluding carboxylic acids is 1. The maximum Gasteiger partial charge on any atom is 0.257 e. The third-order valence-electron chi connectivity index (χ3n) is 5.24. The molecule has 2 aromatic heterocycles. The minimum atomic E-state index is -0.142. The van der Waals surface area contributed by atoms with Gasteiger partial charge in [0.15, 0.2) is 5.13 Å². The normalized spacial score (nSPS) is 15.6. The standard InChI is InChI=1S/C21H25N5OS/c1-15-8-11-25(12-9-15)13-18-14-28-21(23-18)24-20(27)17-3-5-19(6-4-17)26-16(2)7-10-22-26/h3-7,10,14-15H,8-9,11-13H2,1-2H3,(H,23,24,27). The van der Waals surface area contributed by atoms with Crippen LogP contribution in [0.5, 0.6) is 0 Å². The number of benzene rings is 1. The Morgan fingerprint density at radius 1 is 1.21 bits per heavy atom. The van der Waals surface area contributed by atoms with Gasteiger partial charge in [0.1, 0.15) is 0 Å². The summed E-state index contributed by atoms with van der Waals surface area (Å²) in [6, 6.07) is 9.38. The molecule has 7 heteroatoms. The highest BCUT2D eigenvalue weighted by molar-refractivity contribution is 7.13. The number of anilines is 1. The lowest BCUT2D eigenvalue weighted by atomic mass is 9.99. The molecule has 28 heavy (non-hydrogen) atoms. The molecule has 1 amide bonds. The molecule has 0 saturated carbocycles. The van der Waals surface area contributed by atoms with Gasteiger partial charge in [0.2, 0.25) is 0 Å². The summed E-state index contributed by atoms with van der Waals surface area (Å²) in [6.45, 7) is 7.43. The molecule has 1 saturated heterocycles. The third-order valence-corrected chi connectivity index (χ3v) is 6.05. The Bertz CT molecular complexity index is 938. The molecule has 0 atom stereocenters. The van der Waals surface area contributed by atoms with Gasteiger partial charge >= 0.3 is 0 Å². The van der Waals surface area contributed by atoms with Crippen LogP contribution in [0.3, 0.4) is 0 Å². The van der Waals surface area contributed by atoms with Gasteiger partial charge in [0.05, 0.1) is 11.4 Å². The maximum absolute atomic E-state index is 12.5. The van der Waals surface area contributed by atoms with E-state index in [1.165, 1.54) is 24.2 Å². The van der Waals surface area contributed by atoms with E-state index in [4.69, 9.17) is 0 Å². The zero-order valence-electron chi connectivity index (χ0n) is 16.3. The minimum absolute atomic E-state index is 0.142. The Morgan fingerprint density at radius 3 is 2.64 bits per heavy atom. The van der Waals surface area contributed by atoms with Crippen LogP contribution in [0.15, 0.2) is 41.9 Å². The van der Waals surface area contributed by atoms with Crippen LogP contribution in [0, 0.1) is 12.8 Å². The molecule has 1 fully saturated rings.